The Morgan fingerprint density at radius 1 is 1.07 bits per heavy atom. The number of nitrogens with zero attached hydrogens (tertiary/aromatic N) is 3. The van der Waals surface area contributed by atoms with Crippen LogP contribution < -0.4 is 10.1 Å². The summed E-state index contributed by atoms with van der Waals surface area (Å²) in [6, 6.07) is 14.9. The number of thiazole rings is 1. The third kappa shape index (κ3) is 4.05. The lowest BCUT2D eigenvalue weighted by atomic mass is 10.1. The predicted octanol–water partition coefficient (Wildman–Crippen LogP) is 4.95. The van der Waals surface area contributed by atoms with Gasteiger partial charge >= 0.3 is 0 Å². The van der Waals surface area contributed by atoms with Crippen LogP contribution in [-0.4, -0.2) is 20.9 Å². The third-order valence-corrected chi connectivity index (χ3v) is 4.69. The molecule has 0 aliphatic carbocycles. The number of benzene rings is 1. The van der Waals surface area contributed by atoms with Gasteiger partial charge in [-0.05, 0) is 31.2 Å². The summed E-state index contributed by atoms with van der Waals surface area (Å²) in [6.45, 7) is 2.04. The first kappa shape index (κ1) is 17.8. The van der Waals surface area contributed by atoms with Gasteiger partial charge < -0.3 is 4.74 Å². The number of nitrogens with one attached hydrogen (secondary N) is 1. The maximum absolute atomic E-state index is 12.7. The Bertz CT molecular complexity index is 1090. The molecule has 28 heavy (non-hydrogen) atoms. The van der Waals surface area contributed by atoms with E-state index in [1.807, 2.05) is 36.6 Å². The highest BCUT2D eigenvalue weighted by Crippen LogP contribution is 2.27. The van der Waals surface area contributed by atoms with Gasteiger partial charge in [-0.3, -0.25) is 15.1 Å². The molecule has 0 aliphatic heterocycles. The zero-order valence-corrected chi connectivity index (χ0v) is 15.8. The monoisotopic (exact) mass is 388 g/mol. The zero-order chi connectivity index (χ0) is 19.3. The molecule has 138 valence electrons. The summed E-state index contributed by atoms with van der Waals surface area (Å²) in [5.74, 6) is 0.381. The SMILES string of the molecule is Cc1ccc(-c2csc(NC(=O)c3cccnc3Oc3cccnc3)n2)cc1. The van der Waals surface area contributed by atoms with Crippen LogP contribution in [0, 0.1) is 6.92 Å². The lowest BCUT2D eigenvalue weighted by Gasteiger charge is -2.08. The minimum atomic E-state index is -0.336. The Labute approximate surface area is 165 Å². The lowest BCUT2D eigenvalue weighted by Crippen LogP contribution is -2.13. The molecule has 6 nitrogen and oxygen atoms in total. The van der Waals surface area contributed by atoms with E-state index in [9.17, 15) is 4.79 Å². The number of pyridine rings is 2. The Balaban J connectivity index is 1.52. The summed E-state index contributed by atoms with van der Waals surface area (Å²) in [5, 5.41) is 5.24. The number of aryl methyl sites for hydroxylation is 1. The van der Waals surface area contributed by atoms with Gasteiger partial charge in [0.25, 0.3) is 5.91 Å². The van der Waals surface area contributed by atoms with Crippen LogP contribution in [-0.2, 0) is 0 Å². The van der Waals surface area contributed by atoms with Crippen LogP contribution >= 0.6 is 11.3 Å². The Morgan fingerprint density at radius 3 is 2.68 bits per heavy atom. The molecule has 7 heteroatoms. The van der Waals surface area contributed by atoms with E-state index in [0.717, 1.165) is 11.3 Å². The number of anilines is 1. The fourth-order valence-electron chi connectivity index (χ4n) is 2.52. The van der Waals surface area contributed by atoms with Crippen molar-refractivity contribution in [2.24, 2.45) is 0 Å². The van der Waals surface area contributed by atoms with Crippen molar-refractivity contribution in [2.75, 3.05) is 5.32 Å². The fraction of sp³-hybridized carbons (Fsp3) is 0.0476. The summed E-state index contributed by atoms with van der Waals surface area (Å²) in [5.41, 5.74) is 3.33. The van der Waals surface area contributed by atoms with Gasteiger partial charge in [0, 0.05) is 23.3 Å². The molecule has 0 bridgehead atoms. The molecule has 1 aromatic carbocycles. The van der Waals surface area contributed by atoms with Crippen molar-refractivity contribution in [3.63, 3.8) is 0 Å². The molecule has 0 saturated heterocycles. The first-order chi connectivity index (χ1) is 13.7. The molecular formula is C21H16N4O2S. The summed E-state index contributed by atoms with van der Waals surface area (Å²) in [6.07, 6.45) is 4.78. The highest BCUT2D eigenvalue weighted by atomic mass is 32.1. The van der Waals surface area contributed by atoms with E-state index in [1.54, 1.807) is 42.9 Å². The minimum Gasteiger partial charge on any atom is -0.437 e. The Hall–Kier alpha value is -3.58. The van der Waals surface area contributed by atoms with Crippen molar-refractivity contribution in [1.29, 1.82) is 0 Å². The number of carbonyl (C=O) groups is 1. The Morgan fingerprint density at radius 2 is 1.89 bits per heavy atom. The van der Waals surface area contributed by atoms with Crippen molar-refractivity contribution >= 4 is 22.4 Å². The van der Waals surface area contributed by atoms with Crippen molar-refractivity contribution in [1.82, 2.24) is 15.0 Å². The van der Waals surface area contributed by atoms with Crippen LogP contribution in [0.2, 0.25) is 0 Å². The average molecular weight is 388 g/mol. The second kappa shape index (κ2) is 7.98. The van der Waals surface area contributed by atoms with E-state index in [-0.39, 0.29) is 11.8 Å². The number of carbonyl (C=O) groups excluding carboxylic acids is 1. The highest BCUT2D eigenvalue weighted by molar-refractivity contribution is 7.14. The molecule has 4 rings (SSSR count). The molecule has 0 radical (unpaired) electrons. The van der Waals surface area contributed by atoms with Crippen molar-refractivity contribution < 1.29 is 9.53 Å². The van der Waals surface area contributed by atoms with Gasteiger partial charge in [-0.15, -0.1) is 11.3 Å². The lowest BCUT2D eigenvalue weighted by molar-refractivity contribution is 0.102. The quantitative estimate of drug-likeness (QED) is 0.523. The summed E-state index contributed by atoms with van der Waals surface area (Å²) < 4.78 is 5.70. The van der Waals surface area contributed by atoms with E-state index < -0.39 is 0 Å². The highest BCUT2D eigenvalue weighted by Gasteiger charge is 2.16. The molecule has 1 N–H and O–H groups in total. The predicted molar refractivity (Wildman–Crippen MR) is 109 cm³/mol. The molecule has 1 amide bonds. The minimum absolute atomic E-state index is 0.211. The van der Waals surface area contributed by atoms with E-state index in [0.29, 0.717) is 16.4 Å². The molecule has 0 unspecified atom stereocenters. The first-order valence-corrected chi connectivity index (χ1v) is 9.44. The van der Waals surface area contributed by atoms with Crippen LogP contribution in [0.4, 0.5) is 5.13 Å². The average Bonchev–Trinajstić information content (AvgIpc) is 3.18. The molecule has 0 aliphatic rings. The molecule has 3 aromatic heterocycles. The molecule has 0 atom stereocenters. The largest absolute Gasteiger partial charge is 0.437 e. The number of amides is 1. The van der Waals surface area contributed by atoms with Crippen LogP contribution in [0.1, 0.15) is 15.9 Å². The maximum Gasteiger partial charge on any atom is 0.262 e. The van der Waals surface area contributed by atoms with E-state index in [1.165, 1.54) is 16.9 Å². The number of ether oxygens (including phenoxy) is 1. The summed E-state index contributed by atoms with van der Waals surface area (Å²) in [7, 11) is 0. The van der Waals surface area contributed by atoms with Gasteiger partial charge in [-0.25, -0.2) is 9.97 Å². The molecule has 4 aromatic rings. The van der Waals surface area contributed by atoms with Gasteiger partial charge in [0.05, 0.1) is 11.9 Å². The number of hydrogen-bond donors (Lipinski definition) is 1. The van der Waals surface area contributed by atoms with Gasteiger partial charge in [0.15, 0.2) is 5.13 Å². The van der Waals surface area contributed by atoms with Crippen molar-refractivity contribution in [3.8, 4) is 22.9 Å². The van der Waals surface area contributed by atoms with Gasteiger partial charge in [-0.1, -0.05) is 29.8 Å². The summed E-state index contributed by atoms with van der Waals surface area (Å²) in [4.78, 5) is 25.4. The number of hydrogen-bond acceptors (Lipinski definition) is 6. The van der Waals surface area contributed by atoms with Gasteiger partial charge in [0.1, 0.15) is 11.3 Å². The maximum atomic E-state index is 12.7. The standard InChI is InChI=1S/C21H16N4O2S/c1-14-6-8-15(9-7-14)18-13-28-21(24-18)25-19(26)17-5-3-11-23-20(17)27-16-4-2-10-22-12-16/h2-13H,1H3,(H,24,25,26). The van der Waals surface area contributed by atoms with Crippen LogP contribution in [0.25, 0.3) is 11.3 Å². The fourth-order valence-corrected chi connectivity index (χ4v) is 3.23. The van der Waals surface area contributed by atoms with Crippen molar-refractivity contribution in [2.45, 2.75) is 6.92 Å². The van der Waals surface area contributed by atoms with Crippen LogP contribution in [0.5, 0.6) is 11.6 Å². The van der Waals surface area contributed by atoms with E-state index in [2.05, 4.69) is 20.3 Å². The molecular weight excluding hydrogens is 372 g/mol. The first-order valence-electron chi connectivity index (χ1n) is 8.56. The van der Waals surface area contributed by atoms with E-state index >= 15 is 0 Å². The third-order valence-electron chi connectivity index (χ3n) is 3.94. The smallest absolute Gasteiger partial charge is 0.262 e. The normalized spacial score (nSPS) is 10.5. The number of aromatic nitrogens is 3. The molecule has 0 spiro atoms. The molecule has 3 heterocycles. The number of rotatable bonds is 5. The van der Waals surface area contributed by atoms with Crippen molar-refractivity contribution in [3.05, 3.63) is 83.6 Å². The zero-order valence-electron chi connectivity index (χ0n) is 15.0. The summed E-state index contributed by atoms with van der Waals surface area (Å²) >= 11 is 1.37. The molecule has 0 saturated carbocycles. The molecule has 0 fully saturated rings. The second-order valence-electron chi connectivity index (χ2n) is 6.00. The van der Waals surface area contributed by atoms with Crippen LogP contribution in [0.3, 0.4) is 0 Å². The Kier molecular flexibility index (Phi) is 5.07. The van der Waals surface area contributed by atoms with Crippen LogP contribution in [0.15, 0.2) is 72.5 Å². The topological polar surface area (TPSA) is 77.0 Å². The van der Waals surface area contributed by atoms with Gasteiger partial charge in [0.2, 0.25) is 5.88 Å². The van der Waals surface area contributed by atoms with Gasteiger partial charge in [-0.2, -0.15) is 0 Å². The van der Waals surface area contributed by atoms with E-state index in [4.69, 9.17) is 4.74 Å². The second-order valence-corrected chi connectivity index (χ2v) is 6.86.